The van der Waals surface area contributed by atoms with Gasteiger partial charge in [0.15, 0.2) is 0 Å². The van der Waals surface area contributed by atoms with Gasteiger partial charge in [-0.3, -0.25) is 0 Å². The standard InChI is InChI=1S/C14H22N2O/c1-10-6-11(2)8-13(7-10)17-9-12-4-3-5-16-14(12)15/h3-5,10-11,13H,6-9H2,1-2H3,(H2,15,16). The van der Waals surface area contributed by atoms with Crippen LogP contribution < -0.4 is 5.73 Å². The maximum atomic E-state index is 5.97. The zero-order valence-electron chi connectivity index (χ0n) is 10.7. The minimum absolute atomic E-state index is 0.383. The van der Waals surface area contributed by atoms with Crippen LogP contribution in [-0.4, -0.2) is 11.1 Å². The van der Waals surface area contributed by atoms with E-state index in [-0.39, 0.29) is 0 Å². The van der Waals surface area contributed by atoms with Crippen molar-refractivity contribution in [3.8, 4) is 0 Å². The molecule has 1 aliphatic rings. The third-order valence-electron chi connectivity index (χ3n) is 3.54. The first-order valence-corrected chi connectivity index (χ1v) is 6.46. The average Bonchev–Trinajstić information content (AvgIpc) is 2.27. The first kappa shape index (κ1) is 12.4. The Kier molecular flexibility index (Phi) is 4.00. The van der Waals surface area contributed by atoms with Crippen LogP contribution in [0.25, 0.3) is 0 Å². The van der Waals surface area contributed by atoms with E-state index in [1.807, 2.05) is 12.1 Å². The van der Waals surface area contributed by atoms with Crippen molar-refractivity contribution in [1.29, 1.82) is 0 Å². The average molecular weight is 234 g/mol. The van der Waals surface area contributed by atoms with Crippen molar-refractivity contribution < 1.29 is 4.74 Å². The Labute approximate surface area is 103 Å². The number of anilines is 1. The van der Waals surface area contributed by atoms with Gasteiger partial charge in [0.25, 0.3) is 0 Å². The Bertz CT molecular complexity index is 357. The van der Waals surface area contributed by atoms with Gasteiger partial charge >= 0.3 is 0 Å². The van der Waals surface area contributed by atoms with Gasteiger partial charge in [0.05, 0.1) is 12.7 Å². The molecule has 2 N–H and O–H groups in total. The predicted molar refractivity (Wildman–Crippen MR) is 69.4 cm³/mol. The minimum atomic E-state index is 0.383. The summed E-state index contributed by atoms with van der Waals surface area (Å²) in [6, 6.07) is 3.89. The smallest absolute Gasteiger partial charge is 0.128 e. The van der Waals surface area contributed by atoms with Gasteiger partial charge in [-0.05, 0) is 37.2 Å². The van der Waals surface area contributed by atoms with E-state index in [9.17, 15) is 0 Å². The summed E-state index contributed by atoms with van der Waals surface area (Å²) in [6.45, 7) is 5.21. The summed E-state index contributed by atoms with van der Waals surface area (Å²) in [5.74, 6) is 2.13. The van der Waals surface area contributed by atoms with Gasteiger partial charge in [0.1, 0.15) is 5.82 Å². The minimum Gasteiger partial charge on any atom is -0.383 e. The molecule has 1 aliphatic carbocycles. The quantitative estimate of drug-likeness (QED) is 0.874. The van der Waals surface area contributed by atoms with E-state index in [0.717, 1.165) is 17.4 Å². The molecule has 1 aromatic heterocycles. The number of nitrogen functional groups attached to an aromatic ring is 1. The fourth-order valence-corrected chi connectivity index (χ4v) is 2.79. The number of nitrogens with two attached hydrogens (primary N) is 1. The number of nitrogens with zero attached hydrogens (tertiary/aromatic N) is 1. The predicted octanol–water partition coefficient (Wildman–Crippen LogP) is 3.01. The van der Waals surface area contributed by atoms with Crippen molar-refractivity contribution >= 4 is 5.82 Å². The molecule has 0 amide bonds. The lowest BCUT2D eigenvalue weighted by Crippen LogP contribution is -2.26. The van der Waals surface area contributed by atoms with Crippen molar-refractivity contribution in [3.05, 3.63) is 23.9 Å². The van der Waals surface area contributed by atoms with Gasteiger partial charge in [-0.2, -0.15) is 0 Å². The molecule has 94 valence electrons. The van der Waals surface area contributed by atoms with Gasteiger partial charge in [0, 0.05) is 11.8 Å². The van der Waals surface area contributed by atoms with Crippen LogP contribution >= 0.6 is 0 Å². The zero-order valence-corrected chi connectivity index (χ0v) is 10.7. The molecule has 1 saturated carbocycles. The van der Waals surface area contributed by atoms with Crippen LogP contribution in [0.3, 0.4) is 0 Å². The highest BCUT2D eigenvalue weighted by molar-refractivity contribution is 5.37. The van der Waals surface area contributed by atoms with Crippen LogP contribution in [0.15, 0.2) is 18.3 Å². The van der Waals surface area contributed by atoms with E-state index >= 15 is 0 Å². The Morgan fingerprint density at radius 2 is 2.00 bits per heavy atom. The second-order valence-corrected chi connectivity index (χ2v) is 5.40. The maximum Gasteiger partial charge on any atom is 0.128 e. The number of hydrogen-bond acceptors (Lipinski definition) is 3. The first-order chi connectivity index (χ1) is 8.15. The van der Waals surface area contributed by atoms with E-state index in [0.29, 0.717) is 18.5 Å². The summed E-state index contributed by atoms with van der Waals surface area (Å²) in [4.78, 5) is 4.07. The van der Waals surface area contributed by atoms with Crippen LogP contribution in [0.5, 0.6) is 0 Å². The summed E-state index contributed by atoms with van der Waals surface area (Å²) in [5, 5.41) is 0. The van der Waals surface area contributed by atoms with Crippen LogP contribution in [-0.2, 0) is 11.3 Å². The second kappa shape index (κ2) is 5.50. The molecule has 2 unspecified atom stereocenters. The molecule has 2 atom stereocenters. The molecule has 1 aromatic rings. The summed E-state index contributed by atoms with van der Waals surface area (Å²) in [6.07, 6.45) is 5.77. The van der Waals surface area contributed by atoms with Gasteiger partial charge in [-0.15, -0.1) is 0 Å². The molecule has 2 rings (SSSR count). The summed E-state index contributed by atoms with van der Waals surface area (Å²) in [7, 11) is 0. The van der Waals surface area contributed by atoms with Gasteiger partial charge in [-0.1, -0.05) is 19.9 Å². The molecule has 3 heteroatoms. The van der Waals surface area contributed by atoms with Crippen LogP contribution in [0.4, 0.5) is 5.82 Å². The highest BCUT2D eigenvalue weighted by Gasteiger charge is 2.24. The van der Waals surface area contributed by atoms with Gasteiger partial charge < -0.3 is 10.5 Å². The fraction of sp³-hybridized carbons (Fsp3) is 0.643. The van der Waals surface area contributed by atoms with Crippen LogP contribution in [0, 0.1) is 11.8 Å². The topological polar surface area (TPSA) is 48.1 Å². The Hall–Kier alpha value is -1.09. The Morgan fingerprint density at radius 3 is 2.65 bits per heavy atom. The highest BCUT2D eigenvalue weighted by Crippen LogP contribution is 2.30. The molecule has 0 bridgehead atoms. The van der Waals surface area contributed by atoms with Crippen molar-refractivity contribution in [2.45, 2.75) is 45.8 Å². The highest BCUT2D eigenvalue weighted by atomic mass is 16.5. The van der Waals surface area contributed by atoms with Crippen molar-refractivity contribution in [1.82, 2.24) is 4.98 Å². The number of hydrogen-bond donors (Lipinski definition) is 1. The first-order valence-electron chi connectivity index (χ1n) is 6.46. The monoisotopic (exact) mass is 234 g/mol. The summed E-state index contributed by atoms with van der Waals surface area (Å²) < 4.78 is 5.97. The number of rotatable bonds is 3. The molecule has 3 nitrogen and oxygen atoms in total. The molecular formula is C14H22N2O. The zero-order chi connectivity index (χ0) is 12.3. The van der Waals surface area contributed by atoms with E-state index in [1.54, 1.807) is 6.20 Å². The normalized spacial score (nSPS) is 29.2. The largest absolute Gasteiger partial charge is 0.383 e. The van der Waals surface area contributed by atoms with E-state index in [1.165, 1.54) is 19.3 Å². The Morgan fingerprint density at radius 1 is 1.29 bits per heavy atom. The SMILES string of the molecule is CC1CC(C)CC(OCc2cccnc2N)C1. The fourth-order valence-electron chi connectivity index (χ4n) is 2.79. The molecule has 17 heavy (non-hydrogen) atoms. The van der Waals surface area contributed by atoms with Crippen molar-refractivity contribution in [2.75, 3.05) is 5.73 Å². The second-order valence-electron chi connectivity index (χ2n) is 5.40. The Balaban J connectivity index is 1.88. The molecule has 0 spiro atoms. The van der Waals surface area contributed by atoms with Gasteiger partial charge in [0.2, 0.25) is 0 Å². The van der Waals surface area contributed by atoms with Gasteiger partial charge in [-0.25, -0.2) is 4.98 Å². The van der Waals surface area contributed by atoms with E-state index in [2.05, 4.69) is 18.8 Å². The lowest BCUT2D eigenvalue weighted by Gasteiger charge is -2.31. The third kappa shape index (κ3) is 3.43. The molecule has 1 heterocycles. The molecule has 0 saturated heterocycles. The van der Waals surface area contributed by atoms with E-state index in [4.69, 9.17) is 10.5 Å². The molecule has 0 radical (unpaired) electrons. The van der Waals surface area contributed by atoms with Crippen molar-refractivity contribution in [2.24, 2.45) is 11.8 Å². The van der Waals surface area contributed by atoms with E-state index < -0.39 is 0 Å². The van der Waals surface area contributed by atoms with Crippen molar-refractivity contribution in [3.63, 3.8) is 0 Å². The summed E-state index contributed by atoms with van der Waals surface area (Å²) in [5.41, 5.74) is 6.80. The lowest BCUT2D eigenvalue weighted by atomic mass is 9.82. The number of aromatic nitrogens is 1. The molecular weight excluding hydrogens is 212 g/mol. The lowest BCUT2D eigenvalue weighted by molar-refractivity contribution is -0.00899. The molecule has 0 aromatic carbocycles. The molecule has 0 aliphatic heterocycles. The van der Waals surface area contributed by atoms with Crippen LogP contribution in [0.2, 0.25) is 0 Å². The third-order valence-corrected chi connectivity index (χ3v) is 3.54. The number of pyridine rings is 1. The summed E-state index contributed by atoms with van der Waals surface area (Å²) >= 11 is 0. The van der Waals surface area contributed by atoms with Crippen LogP contribution in [0.1, 0.15) is 38.7 Å². The molecule has 1 fully saturated rings. The number of ether oxygens (including phenoxy) is 1. The maximum absolute atomic E-state index is 5.97.